The zero-order valence-corrected chi connectivity index (χ0v) is 20.4. The lowest BCUT2D eigenvalue weighted by atomic mass is 10.2. The minimum Gasteiger partial charge on any atom is -0.494 e. The van der Waals surface area contributed by atoms with Crippen molar-refractivity contribution >= 4 is 29.3 Å². The molecule has 1 aliphatic rings. The van der Waals surface area contributed by atoms with Crippen LogP contribution in [0.25, 0.3) is 22.9 Å². The van der Waals surface area contributed by atoms with Crippen LogP contribution in [0.5, 0.6) is 5.75 Å². The van der Waals surface area contributed by atoms with Gasteiger partial charge in [0.1, 0.15) is 16.7 Å². The summed E-state index contributed by atoms with van der Waals surface area (Å²) in [7, 11) is 0. The molecule has 3 aromatic heterocycles. The Balaban J connectivity index is 1.31. The Morgan fingerprint density at radius 1 is 0.972 bits per heavy atom. The Morgan fingerprint density at radius 3 is 2.36 bits per heavy atom. The summed E-state index contributed by atoms with van der Waals surface area (Å²) in [5.41, 5.74) is 1.37. The van der Waals surface area contributed by atoms with Crippen molar-refractivity contribution in [1.29, 1.82) is 0 Å². The first kappa shape index (κ1) is 23.8. The van der Waals surface area contributed by atoms with Gasteiger partial charge in [0.25, 0.3) is 0 Å². The summed E-state index contributed by atoms with van der Waals surface area (Å²) in [4.78, 5) is 31.7. The van der Waals surface area contributed by atoms with Crippen LogP contribution in [0.2, 0.25) is 0 Å². The summed E-state index contributed by atoms with van der Waals surface area (Å²) in [6.07, 6.45) is 6.34. The molecule has 1 fully saturated rings. The second kappa shape index (κ2) is 10.8. The highest BCUT2D eigenvalue weighted by atomic mass is 32.2. The molecular weight excluding hydrogens is 480 g/mol. The van der Waals surface area contributed by atoms with Gasteiger partial charge in [-0.15, -0.1) is 10.2 Å². The number of carbonyl (C=O) groups excluding carboxylic acids is 2. The molecule has 0 aliphatic carbocycles. The van der Waals surface area contributed by atoms with Gasteiger partial charge in [0.15, 0.2) is 17.2 Å². The van der Waals surface area contributed by atoms with Crippen molar-refractivity contribution in [2.24, 2.45) is 0 Å². The normalized spacial score (nSPS) is 15.6. The van der Waals surface area contributed by atoms with E-state index in [2.05, 4.69) is 22.1 Å². The molecule has 2 amide bonds. The van der Waals surface area contributed by atoms with Crippen molar-refractivity contribution in [3.8, 4) is 28.7 Å². The standard InChI is InChI=1S/C26H24N4O5S/c1-2-3-4-13-33-18-11-9-17(10-12-18)30-22(31)16-21(25(30)32)36-26-27-23(19-7-5-14-34-19)24(28-29-26)20-8-6-15-35-20/h5-12,14-15,21H,2-4,13,16H2,1H3. The van der Waals surface area contributed by atoms with Gasteiger partial charge in [-0.05, 0) is 55.0 Å². The van der Waals surface area contributed by atoms with E-state index in [1.165, 1.54) is 17.4 Å². The molecule has 36 heavy (non-hydrogen) atoms. The van der Waals surface area contributed by atoms with Crippen LogP contribution in [0, 0.1) is 0 Å². The minimum absolute atomic E-state index is 0.0398. The third kappa shape index (κ3) is 5.03. The lowest BCUT2D eigenvalue weighted by Crippen LogP contribution is -2.31. The molecule has 1 saturated heterocycles. The molecule has 1 aliphatic heterocycles. The number of furan rings is 2. The number of unbranched alkanes of at least 4 members (excludes halogenated alkanes) is 2. The predicted molar refractivity (Wildman–Crippen MR) is 133 cm³/mol. The van der Waals surface area contributed by atoms with Gasteiger partial charge >= 0.3 is 0 Å². The average Bonchev–Trinajstić information content (AvgIpc) is 3.66. The fourth-order valence-corrected chi connectivity index (χ4v) is 4.77. The molecule has 0 N–H and O–H groups in total. The van der Waals surface area contributed by atoms with Crippen LogP contribution in [0.3, 0.4) is 0 Å². The lowest BCUT2D eigenvalue weighted by molar-refractivity contribution is -0.121. The molecule has 0 spiro atoms. The average molecular weight is 505 g/mol. The van der Waals surface area contributed by atoms with Crippen molar-refractivity contribution in [2.75, 3.05) is 11.5 Å². The molecule has 0 saturated carbocycles. The Hall–Kier alpha value is -3.92. The van der Waals surface area contributed by atoms with Crippen molar-refractivity contribution in [1.82, 2.24) is 15.2 Å². The van der Waals surface area contributed by atoms with Crippen LogP contribution in [0.15, 0.2) is 75.0 Å². The van der Waals surface area contributed by atoms with Crippen molar-refractivity contribution in [3.63, 3.8) is 0 Å². The number of hydrogen-bond acceptors (Lipinski definition) is 9. The van der Waals surface area contributed by atoms with E-state index in [9.17, 15) is 9.59 Å². The first-order chi connectivity index (χ1) is 17.6. The second-order valence-electron chi connectivity index (χ2n) is 8.17. The van der Waals surface area contributed by atoms with Crippen molar-refractivity contribution in [3.05, 3.63) is 61.1 Å². The van der Waals surface area contributed by atoms with Crippen molar-refractivity contribution in [2.45, 2.75) is 43.0 Å². The fourth-order valence-electron chi connectivity index (χ4n) is 3.85. The second-order valence-corrected chi connectivity index (χ2v) is 9.34. The smallest absolute Gasteiger partial charge is 0.247 e. The van der Waals surface area contributed by atoms with Gasteiger partial charge < -0.3 is 13.6 Å². The molecule has 10 heteroatoms. The minimum atomic E-state index is -0.664. The molecule has 4 aromatic rings. The van der Waals surface area contributed by atoms with E-state index in [0.717, 1.165) is 31.0 Å². The highest BCUT2D eigenvalue weighted by molar-refractivity contribution is 8.00. The lowest BCUT2D eigenvalue weighted by Gasteiger charge is -2.15. The van der Waals surface area contributed by atoms with Gasteiger partial charge in [-0.2, -0.15) is 0 Å². The number of carbonyl (C=O) groups is 2. The van der Waals surface area contributed by atoms with Crippen LogP contribution < -0.4 is 9.64 Å². The Bertz CT molecular complexity index is 1320. The summed E-state index contributed by atoms with van der Waals surface area (Å²) in [5, 5.41) is 8.06. The third-order valence-electron chi connectivity index (χ3n) is 5.64. The van der Waals surface area contributed by atoms with Gasteiger partial charge in [-0.3, -0.25) is 9.59 Å². The number of thioether (sulfide) groups is 1. The van der Waals surface area contributed by atoms with Gasteiger partial charge in [0.05, 0.1) is 24.8 Å². The molecule has 1 atom stereocenters. The Morgan fingerprint density at radius 2 is 1.69 bits per heavy atom. The van der Waals surface area contributed by atoms with E-state index in [-0.39, 0.29) is 23.4 Å². The molecular formula is C26H24N4O5S. The first-order valence-corrected chi connectivity index (χ1v) is 12.6. The number of imide groups is 1. The van der Waals surface area contributed by atoms with Crippen LogP contribution >= 0.6 is 11.8 Å². The van der Waals surface area contributed by atoms with Crippen molar-refractivity contribution < 1.29 is 23.2 Å². The molecule has 1 aromatic carbocycles. The molecule has 184 valence electrons. The van der Waals surface area contributed by atoms with Gasteiger partial charge in [0, 0.05) is 6.42 Å². The summed E-state index contributed by atoms with van der Waals surface area (Å²) in [6, 6.07) is 14.0. The number of aromatic nitrogens is 3. The van der Waals surface area contributed by atoms with E-state index < -0.39 is 5.25 Å². The molecule has 0 bridgehead atoms. The van der Waals surface area contributed by atoms with E-state index in [1.54, 1.807) is 48.5 Å². The molecule has 1 unspecified atom stereocenters. The summed E-state index contributed by atoms with van der Waals surface area (Å²) in [6.45, 7) is 2.78. The summed E-state index contributed by atoms with van der Waals surface area (Å²) in [5.74, 6) is 1.10. The number of hydrogen-bond donors (Lipinski definition) is 0. The van der Waals surface area contributed by atoms with Gasteiger partial charge in [-0.1, -0.05) is 31.5 Å². The monoisotopic (exact) mass is 504 g/mol. The summed E-state index contributed by atoms with van der Waals surface area (Å²) >= 11 is 1.10. The van der Waals surface area contributed by atoms with E-state index in [1.807, 2.05) is 0 Å². The third-order valence-corrected chi connectivity index (χ3v) is 6.68. The predicted octanol–water partition coefficient (Wildman–Crippen LogP) is 5.38. The number of benzene rings is 1. The zero-order valence-electron chi connectivity index (χ0n) is 19.6. The quantitative estimate of drug-likeness (QED) is 0.207. The van der Waals surface area contributed by atoms with Crippen LogP contribution in [-0.2, 0) is 9.59 Å². The Kier molecular flexibility index (Phi) is 7.13. The van der Waals surface area contributed by atoms with E-state index in [0.29, 0.717) is 41.0 Å². The van der Waals surface area contributed by atoms with Crippen LogP contribution in [0.4, 0.5) is 5.69 Å². The zero-order chi connectivity index (χ0) is 24.9. The number of ether oxygens (including phenoxy) is 1. The van der Waals surface area contributed by atoms with E-state index in [4.69, 9.17) is 13.6 Å². The maximum atomic E-state index is 13.2. The number of nitrogens with zero attached hydrogens (tertiary/aromatic N) is 4. The molecule has 5 rings (SSSR count). The van der Waals surface area contributed by atoms with Gasteiger partial charge in [-0.25, -0.2) is 9.88 Å². The van der Waals surface area contributed by atoms with Crippen LogP contribution in [0.1, 0.15) is 32.6 Å². The first-order valence-electron chi connectivity index (χ1n) is 11.7. The van der Waals surface area contributed by atoms with E-state index >= 15 is 0 Å². The number of amides is 2. The maximum Gasteiger partial charge on any atom is 0.247 e. The topological polar surface area (TPSA) is 112 Å². The SMILES string of the molecule is CCCCCOc1ccc(N2C(=O)CC(Sc3nnc(-c4ccco4)c(-c4ccco4)n3)C2=O)cc1. The maximum absolute atomic E-state index is 13.2. The highest BCUT2D eigenvalue weighted by Crippen LogP contribution is 2.35. The Labute approximate surface area is 211 Å². The number of rotatable bonds is 10. The molecule has 9 nitrogen and oxygen atoms in total. The van der Waals surface area contributed by atoms with Gasteiger partial charge in [0.2, 0.25) is 17.0 Å². The largest absolute Gasteiger partial charge is 0.494 e. The molecule has 4 heterocycles. The molecule has 0 radical (unpaired) electrons. The van der Waals surface area contributed by atoms with Crippen LogP contribution in [-0.4, -0.2) is 38.9 Å². The number of anilines is 1. The fraction of sp³-hybridized carbons (Fsp3) is 0.269. The summed E-state index contributed by atoms with van der Waals surface area (Å²) < 4.78 is 16.7. The highest BCUT2D eigenvalue weighted by Gasteiger charge is 2.41.